The van der Waals surface area contributed by atoms with Gasteiger partial charge in [-0.05, 0) is 49.7 Å². The Bertz CT molecular complexity index is 433. The molecule has 112 valence electrons. The summed E-state index contributed by atoms with van der Waals surface area (Å²) in [4.78, 5) is 0. The van der Waals surface area contributed by atoms with Gasteiger partial charge in [-0.15, -0.1) is 0 Å². The second-order valence-electron chi connectivity index (χ2n) is 6.68. The maximum absolute atomic E-state index is 5.95. The van der Waals surface area contributed by atoms with Crippen LogP contribution in [0, 0.1) is 5.41 Å². The molecular formula is C17H28N2O. The predicted molar refractivity (Wildman–Crippen MR) is 86.3 cm³/mol. The number of ether oxygens (including phenoxy) is 1. The van der Waals surface area contributed by atoms with Crippen molar-refractivity contribution >= 4 is 11.4 Å². The van der Waals surface area contributed by atoms with Crippen molar-refractivity contribution in [3.8, 4) is 5.75 Å². The van der Waals surface area contributed by atoms with Gasteiger partial charge >= 0.3 is 0 Å². The van der Waals surface area contributed by atoms with E-state index in [1.165, 1.54) is 25.7 Å². The molecule has 0 unspecified atom stereocenters. The highest BCUT2D eigenvalue weighted by atomic mass is 16.5. The molecule has 3 N–H and O–H groups in total. The fraction of sp³-hybridized carbons (Fsp3) is 0.647. The molecule has 3 nitrogen and oxygen atoms in total. The fourth-order valence-corrected chi connectivity index (χ4v) is 2.74. The molecule has 0 heterocycles. The minimum Gasteiger partial charge on any atom is -0.491 e. The minimum absolute atomic E-state index is 0.509. The van der Waals surface area contributed by atoms with Crippen LogP contribution in [-0.2, 0) is 0 Å². The topological polar surface area (TPSA) is 47.3 Å². The zero-order valence-electron chi connectivity index (χ0n) is 13.0. The van der Waals surface area contributed by atoms with Gasteiger partial charge in [0, 0.05) is 17.8 Å². The molecule has 0 radical (unpaired) electrons. The summed E-state index contributed by atoms with van der Waals surface area (Å²) in [5.74, 6) is 0.799. The Labute approximate surface area is 122 Å². The molecule has 1 fully saturated rings. The van der Waals surface area contributed by atoms with E-state index in [0.717, 1.165) is 17.9 Å². The van der Waals surface area contributed by atoms with E-state index in [0.29, 0.717) is 23.8 Å². The summed E-state index contributed by atoms with van der Waals surface area (Å²) < 4.78 is 5.68. The van der Waals surface area contributed by atoms with Crippen LogP contribution in [0.5, 0.6) is 5.75 Å². The van der Waals surface area contributed by atoms with Crippen LogP contribution in [0.1, 0.15) is 52.9 Å². The highest BCUT2D eigenvalue weighted by Gasteiger charge is 2.26. The molecule has 1 aromatic rings. The Hall–Kier alpha value is -1.38. The lowest BCUT2D eigenvalue weighted by molar-refractivity contribution is 0.232. The standard InChI is InChI=1S/C17H28N2O/c1-4-11-20-16-12-14(5-6-15(16)18)19-13-7-9-17(2,3)10-8-13/h5-6,12-13,19H,4,7-11,18H2,1-3H3. The first-order valence-corrected chi connectivity index (χ1v) is 7.79. The molecule has 0 saturated heterocycles. The number of nitrogens with two attached hydrogens (primary N) is 1. The van der Waals surface area contributed by atoms with Crippen LogP contribution < -0.4 is 15.8 Å². The van der Waals surface area contributed by atoms with Gasteiger partial charge < -0.3 is 15.8 Å². The molecule has 1 aliphatic rings. The van der Waals surface area contributed by atoms with Crippen LogP contribution in [-0.4, -0.2) is 12.6 Å². The van der Waals surface area contributed by atoms with E-state index in [1.54, 1.807) is 0 Å². The van der Waals surface area contributed by atoms with Gasteiger partial charge in [-0.25, -0.2) is 0 Å². The smallest absolute Gasteiger partial charge is 0.144 e. The van der Waals surface area contributed by atoms with E-state index in [4.69, 9.17) is 10.5 Å². The van der Waals surface area contributed by atoms with Crippen LogP contribution in [0.15, 0.2) is 18.2 Å². The third kappa shape index (κ3) is 4.06. The zero-order valence-corrected chi connectivity index (χ0v) is 13.0. The van der Waals surface area contributed by atoms with Crippen LogP contribution in [0.2, 0.25) is 0 Å². The predicted octanol–water partition coefficient (Wildman–Crippen LogP) is 4.44. The fourth-order valence-electron chi connectivity index (χ4n) is 2.74. The summed E-state index contributed by atoms with van der Waals surface area (Å²) in [6.07, 6.45) is 6.05. The number of anilines is 2. The summed E-state index contributed by atoms with van der Waals surface area (Å²) in [6.45, 7) is 7.54. The first-order chi connectivity index (χ1) is 9.50. The van der Waals surface area contributed by atoms with Crippen molar-refractivity contribution in [1.82, 2.24) is 0 Å². The van der Waals surface area contributed by atoms with Gasteiger partial charge in [0.15, 0.2) is 0 Å². The van der Waals surface area contributed by atoms with Gasteiger partial charge in [-0.2, -0.15) is 0 Å². The van der Waals surface area contributed by atoms with Crippen molar-refractivity contribution in [2.75, 3.05) is 17.7 Å². The van der Waals surface area contributed by atoms with Crippen molar-refractivity contribution in [3.05, 3.63) is 18.2 Å². The summed E-state index contributed by atoms with van der Waals surface area (Å²) >= 11 is 0. The summed E-state index contributed by atoms with van der Waals surface area (Å²) in [6, 6.07) is 6.59. The number of rotatable bonds is 5. The molecule has 0 aliphatic heterocycles. The van der Waals surface area contributed by atoms with E-state index in [-0.39, 0.29) is 0 Å². The normalized spacial score (nSPS) is 18.8. The molecule has 3 heteroatoms. The Balaban J connectivity index is 1.96. The number of benzene rings is 1. The molecule has 0 atom stereocenters. The molecule has 0 amide bonds. The highest BCUT2D eigenvalue weighted by Crippen LogP contribution is 2.36. The van der Waals surface area contributed by atoms with Crippen LogP contribution in [0.4, 0.5) is 11.4 Å². The number of nitrogens with one attached hydrogen (secondary N) is 1. The molecule has 20 heavy (non-hydrogen) atoms. The minimum atomic E-state index is 0.509. The maximum atomic E-state index is 5.95. The van der Waals surface area contributed by atoms with Crippen molar-refractivity contribution in [2.45, 2.75) is 58.9 Å². The van der Waals surface area contributed by atoms with Gasteiger partial charge in [0.1, 0.15) is 5.75 Å². The van der Waals surface area contributed by atoms with Crippen LogP contribution >= 0.6 is 0 Å². The van der Waals surface area contributed by atoms with E-state index in [2.05, 4.69) is 26.1 Å². The third-order valence-corrected chi connectivity index (χ3v) is 4.19. The lowest BCUT2D eigenvalue weighted by Gasteiger charge is -2.35. The highest BCUT2D eigenvalue weighted by molar-refractivity contribution is 5.61. The summed E-state index contributed by atoms with van der Waals surface area (Å²) in [5, 5.41) is 3.63. The van der Waals surface area contributed by atoms with Gasteiger partial charge in [0.25, 0.3) is 0 Å². The quantitative estimate of drug-likeness (QED) is 0.782. The molecule has 2 rings (SSSR count). The number of nitrogen functional groups attached to an aromatic ring is 1. The van der Waals surface area contributed by atoms with Crippen molar-refractivity contribution < 1.29 is 4.74 Å². The van der Waals surface area contributed by atoms with Gasteiger partial charge in [0.2, 0.25) is 0 Å². The molecule has 1 aromatic carbocycles. The van der Waals surface area contributed by atoms with E-state index in [1.807, 2.05) is 18.2 Å². The lowest BCUT2D eigenvalue weighted by Crippen LogP contribution is -2.29. The molecule has 0 bridgehead atoms. The summed E-state index contributed by atoms with van der Waals surface area (Å²) in [5.41, 5.74) is 8.29. The second kappa shape index (κ2) is 6.38. The molecule has 0 spiro atoms. The lowest BCUT2D eigenvalue weighted by atomic mass is 9.75. The second-order valence-corrected chi connectivity index (χ2v) is 6.68. The van der Waals surface area contributed by atoms with Gasteiger partial charge in [0.05, 0.1) is 12.3 Å². The molecule has 1 aliphatic carbocycles. The number of hydrogen-bond donors (Lipinski definition) is 2. The van der Waals surface area contributed by atoms with E-state index in [9.17, 15) is 0 Å². The van der Waals surface area contributed by atoms with E-state index < -0.39 is 0 Å². The Morgan fingerprint density at radius 2 is 2.00 bits per heavy atom. The van der Waals surface area contributed by atoms with Gasteiger partial charge in [-0.3, -0.25) is 0 Å². The first kappa shape index (κ1) is 15.0. The van der Waals surface area contributed by atoms with Crippen molar-refractivity contribution in [2.24, 2.45) is 5.41 Å². The zero-order chi connectivity index (χ0) is 14.6. The number of hydrogen-bond acceptors (Lipinski definition) is 3. The summed E-state index contributed by atoms with van der Waals surface area (Å²) in [7, 11) is 0. The Morgan fingerprint density at radius 3 is 2.65 bits per heavy atom. The van der Waals surface area contributed by atoms with Crippen molar-refractivity contribution in [1.29, 1.82) is 0 Å². The average Bonchev–Trinajstić information content (AvgIpc) is 2.42. The molecule has 1 saturated carbocycles. The Kier molecular flexibility index (Phi) is 4.79. The van der Waals surface area contributed by atoms with Crippen LogP contribution in [0.3, 0.4) is 0 Å². The van der Waals surface area contributed by atoms with E-state index >= 15 is 0 Å². The molecule has 0 aromatic heterocycles. The average molecular weight is 276 g/mol. The maximum Gasteiger partial charge on any atom is 0.144 e. The van der Waals surface area contributed by atoms with Crippen LogP contribution in [0.25, 0.3) is 0 Å². The third-order valence-electron chi connectivity index (χ3n) is 4.19. The van der Waals surface area contributed by atoms with Gasteiger partial charge in [-0.1, -0.05) is 20.8 Å². The van der Waals surface area contributed by atoms with Crippen molar-refractivity contribution in [3.63, 3.8) is 0 Å². The Morgan fingerprint density at radius 1 is 1.30 bits per heavy atom. The first-order valence-electron chi connectivity index (χ1n) is 7.79. The molecular weight excluding hydrogens is 248 g/mol. The SMILES string of the molecule is CCCOc1cc(NC2CCC(C)(C)CC2)ccc1N. The largest absolute Gasteiger partial charge is 0.491 e. The monoisotopic (exact) mass is 276 g/mol.